The number of para-hydroxylation sites is 1. The zero-order chi connectivity index (χ0) is 23.7. The van der Waals surface area contributed by atoms with Gasteiger partial charge in [0.2, 0.25) is 5.91 Å². The van der Waals surface area contributed by atoms with Crippen molar-refractivity contribution in [3.8, 4) is 0 Å². The second kappa shape index (κ2) is 9.55. The number of carbonyl (C=O) groups is 2. The van der Waals surface area contributed by atoms with E-state index in [-0.39, 0.29) is 23.6 Å². The van der Waals surface area contributed by atoms with Crippen molar-refractivity contribution in [1.82, 2.24) is 24.6 Å². The lowest BCUT2D eigenvalue weighted by Crippen LogP contribution is -2.32. The SMILES string of the molecule is Cc1cccc(C(=O)N2CCCC2c2nnc(SCC(=O)Nc3nc4ccccc4s3)n2C)c1. The first-order chi connectivity index (χ1) is 16.5. The molecule has 1 aliphatic rings. The van der Waals surface area contributed by atoms with Crippen LogP contribution in [0.2, 0.25) is 0 Å². The minimum absolute atomic E-state index is 0.0126. The molecule has 1 aliphatic heterocycles. The summed E-state index contributed by atoms with van der Waals surface area (Å²) in [6.07, 6.45) is 1.76. The fourth-order valence-corrected chi connectivity index (χ4v) is 5.78. The van der Waals surface area contributed by atoms with Gasteiger partial charge in [-0.3, -0.25) is 9.59 Å². The number of nitrogens with zero attached hydrogens (tertiary/aromatic N) is 5. The van der Waals surface area contributed by atoms with Gasteiger partial charge in [-0.2, -0.15) is 0 Å². The molecule has 34 heavy (non-hydrogen) atoms. The Kier molecular flexibility index (Phi) is 6.34. The van der Waals surface area contributed by atoms with Crippen LogP contribution in [0.5, 0.6) is 0 Å². The maximum Gasteiger partial charge on any atom is 0.254 e. The fraction of sp³-hybridized carbons (Fsp3) is 0.292. The monoisotopic (exact) mass is 492 g/mol. The van der Waals surface area contributed by atoms with Gasteiger partial charge in [0.15, 0.2) is 16.1 Å². The highest BCUT2D eigenvalue weighted by molar-refractivity contribution is 7.99. The maximum atomic E-state index is 13.2. The summed E-state index contributed by atoms with van der Waals surface area (Å²) in [4.78, 5) is 32.0. The van der Waals surface area contributed by atoms with Gasteiger partial charge in [-0.05, 0) is 44.0 Å². The number of hydrogen-bond donors (Lipinski definition) is 1. The molecular weight excluding hydrogens is 468 g/mol. The van der Waals surface area contributed by atoms with Crippen molar-refractivity contribution in [3.63, 3.8) is 0 Å². The Morgan fingerprint density at radius 1 is 1.18 bits per heavy atom. The van der Waals surface area contributed by atoms with E-state index < -0.39 is 0 Å². The number of aryl methyl sites for hydroxylation is 1. The molecule has 1 atom stereocenters. The molecule has 0 saturated carbocycles. The number of hydrogen-bond acceptors (Lipinski definition) is 7. The summed E-state index contributed by atoms with van der Waals surface area (Å²) in [7, 11) is 1.89. The van der Waals surface area contributed by atoms with E-state index in [0.717, 1.165) is 34.4 Å². The van der Waals surface area contributed by atoms with Crippen LogP contribution in [0.15, 0.2) is 53.7 Å². The second-order valence-corrected chi connectivity index (χ2v) is 10.2. The highest BCUT2D eigenvalue weighted by atomic mass is 32.2. The van der Waals surface area contributed by atoms with E-state index in [2.05, 4.69) is 20.5 Å². The van der Waals surface area contributed by atoms with Gasteiger partial charge < -0.3 is 14.8 Å². The molecule has 0 spiro atoms. The maximum absolute atomic E-state index is 13.2. The third kappa shape index (κ3) is 4.55. The van der Waals surface area contributed by atoms with Crippen LogP contribution in [0.4, 0.5) is 5.13 Å². The summed E-state index contributed by atoms with van der Waals surface area (Å²) in [6.45, 7) is 2.68. The van der Waals surface area contributed by atoms with Crippen LogP contribution >= 0.6 is 23.1 Å². The number of benzene rings is 2. The highest BCUT2D eigenvalue weighted by Gasteiger charge is 2.34. The predicted molar refractivity (Wildman–Crippen MR) is 134 cm³/mol. The number of amides is 2. The molecule has 10 heteroatoms. The number of carbonyl (C=O) groups excluding carboxylic acids is 2. The van der Waals surface area contributed by atoms with E-state index in [0.29, 0.717) is 22.4 Å². The van der Waals surface area contributed by atoms with E-state index >= 15 is 0 Å². The molecule has 1 unspecified atom stereocenters. The van der Waals surface area contributed by atoms with Gasteiger partial charge in [-0.25, -0.2) is 4.98 Å². The Labute approximate surface area is 205 Å². The van der Waals surface area contributed by atoms with Crippen LogP contribution < -0.4 is 5.32 Å². The summed E-state index contributed by atoms with van der Waals surface area (Å²) < 4.78 is 2.92. The number of rotatable bonds is 6. The molecular formula is C24H24N6O2S2. The second-order valence-electron chi connectivity index (χ2n) is 8.25. The summed E-state index contributed by atoms with van der Waals surface area (Å²) in [5, 5.41) is 12.8. The van der Waals surface area contributed by atoms with Crippen LogP contribution in [-0.2, 0) is 11.8 Å². The van der Waals surface area contributed by atoms with Crippen molar-refractivity contribution in [2.45, 2.75) is 31.0 Å². The standard InChI is InChI=1S/C24H24N6O2S2/c1-15-7-5-8-16(13-15)22(32)30-12-6-10-18(30)21-27-28-24(29(21)2)33-14-20(31)26-23-25-17-9-3-4-11-19(17)34-23/h3-5,7-9,11,13,18H,6,10,12,14H2,1-2H3,(H,25,26,31). The first-order valence-electron chi connectivity index (χ1n) is 11.0. The van der Waals surface area contributed by atoms with Crippen LogP contribution in [0, 0.1) is 6.92 Å². The van der Waals surface area contributed by atoms with Gasteiger partial charge in [0, 0.05) is 19.2 Å². The molecule has 0 radical (unpaired) electrons. The smallest absolute Gasteiger partial charge is 0.254 e. The number of likely N-dealkylation sites (tertiary alicyclic amines) is 1. The van der Waals surface area contributed by atoms with Crippen LogP contribution in [0.1, 0.15) is 40.6 Å². The van der Waals surface area contributed by atoms with Gasteiger partial charge >= 0.3 is 0 Å². The lowest BCUT2D eigenvalue weighted by atomic mass is 10.1. The Balaban J connectivity index is 1.24. The predicted octanol–water partition coefficient (Wildman–Crippen LogP) is 4.44. The zero-order valence-electron chi connectivity index (χ0n) is 18.9. The molecule has 1 N–H and O–H groups in total. The Morgan fingerprint density at radius 2 is 2.03 bits per heavy atom. The van der Waals surface area contributed by atoms with Crippen molar-refractivity contribution in [1.29, 1.82) is 0 Å². The Hall–Kier alpha value is -3.24. The Bertz CT molecular complexity index is 1330. The number of thiazole rings is 1. The molecule has 3 heterocycles. The zero-order valence-corrected chi connectivity index (χ0v) is 20.5. The molecule has 4 aromatic rings. The van der Waals surface area contributed by atoms with Crippen molar-refractivity contribution in [3.05, 3.63) is 65.5 Å². The first-order valence-corrected chi connectivity index (χ1v) is 12.8. The van der Waals surface area contributed by atoms with Gasteiger partial charge in [0.05, 0.1) is 22.0 Å². The molecule has 5 rings (SSSR count). The normalized spacial score (nSPS) is 15.7. The molecule has 2 aromatic heterocycles. The van der Waals surface area contributed by atoms with E-state index in [9.17, 15) is 9.59 Å². The summed E-state index contributed by atoms with van der Waals surface area (Å²) >= 11 is 2.77. The largest absolute Gasteiger partial charge is 0.328 e. The van der Waals surface area contributed by atoms with Gasteiger partial charge in [0.25, 0.3) is 5.91 Å². The third-order valence-electron chi connectivity index (χ3n) is 5.82. The number of thioether (sulfide) groups is 1. The average Bonchev–Trinajstić information content (AvgIpc) is 3.55. The molecule has 2 aromatic carbocycles. The van der Waals surface area contributed by atoms with Crippen LogP contribution in [0.3, 0.4) is 0 Å². The molecule has 2 amide bonds. The summed E-state index contributed by atoms with van der Waals surface area (Å²) in [5.74, 6) is 0.801. The van der Waals surface area contributed by atoms with Gasteiger partial charge in [-0.15, -0.1) is 10.2 Å². The molecule has 174 valence electrons. The fourth-order valence-electron chi connectivity index (χ4n) is 4.18. The quantitative estimate of drug-likeness (QED) is 0.400. The number of anilines is 1. The number of fused-ring (bicyclic) bond motifs is 1. The highest BCUT2D eigenvalue weighted by Crippen LogP contribution is 2.33. The molecule has 0 aliphatic carbocycles. The molecule has 1 fully saturated rings. The van der Waals surface area contributed by atoms with Gasteiger partial charge in [-0.1, -0.05) is 52.9 Å². The molecule has 0 bridgehead atoms. The number of aromatic nitrogens is 4. The van der Waals surface area contributed by atoms with E-state index in [1.54, 1.807) is 0 Å². The summed E-state index contributed by atoms with van der Waals surface area (Å²) in [5.41, 5.74) is 2.62. The number of nitrogens with one attached hydrogen (secondary N) is 1. The van der Waals surface area contributed by atoms with Crippen molar-refractivity contribution < 1.29 is 9.59 Å². The lowest BCUT2D eigenvalue weighted by molar-refractivity contribution is -0.113. The lowest BCUT2D eigenvalue weighted by Gasteiger charge is -2.24. The van der Waals surface area contributed by atoms with E-state index in [1.165, 1.54) is 23.1 Å². The average molecular weight is 493 g/mol. The Morgan fingerprint density at radius 3 is 2.85 bits per heavy atom. The topological polar surface area (TPSA) is 93.0 Å². The molecule has 1 saturated heterocycles. The van der Waals surface area contributed by atoms with Gasteiger partial charge in [0.1, 0.15) is 0 Å². The minimum Gasteiger partial charge on any atom is -0.328 e. The summed E-state index contributed by atoms with van der Waals surface area (Å²) in [6, 6.07) is 15.3. The van der Waals surface area contributed by atoms with Crippen molar-refractivity contribution in [2.75, 3.05) is 17.6 Å². The molecule has 8 nitrogen and oxygen atoms in total. The van der Waals surface area contributed by atoms with E-state index in [4.69, 9.17) is 0 Å². The van der Waals surface area contributed by atoms with Crippen molar-refractivity contribution in [2.24, 2.45) is 7.05 Å². The van der Waals surface area contributed by atoms with Crippen LogP contribution in [0.25, 0.3) is 10.2 Å². The van der Waals surface area contributed by atoms with Crippen molar-refractivity contribution >= 4 is 50.3 Å². The minimum atomic E-state index is -0.147. The first kappa shape index (κ1) is 22.5. The van der Waals surface area contributed by atoms with E-state index in [1.807, 2.05) is 72.0 Å². The van der Waals surface area contributed by atoms with Crippen LogP contribution in [-0.4, -0.2) is 48.8 Å². The third-order valence-corrected chi connectivity index (χ3v) is 7.79.